The van der Waals surface area contributed by atoms with Crippen LogP contribution >= 0.6 is 11.8 Å². The normalized spacial score (nSPS) is 15.4. The molecule has 9 heteroatoms. The summed E-state index contributed by atoms with van der Waals surface area (Å²) < 4.78 is 14.1. The van der Waals surface area contributed by atoms with Gasteiger partial charge in [0.25, 0.3) is 5.79 Å². The Morgan fingerprint density at radius 3 is 2.63 bits per heavy atom. The van der Waals surface area contributed by atoms with E-state index in [1.807, 2.05) is 65.2 Å². The fourth-order valence-corrected chi connectivity index (χ4v) is 5.22. The number of rotatable bonds is 6. The van der Waals surface area contributed by atoms with Gasteiger partial charge in [-0.3, -0.25) is 14.3 Å². The second-order valence-electron chi connectivity index (χ2n) is 8.54. The minimum Gasteiger partial charge on any atom is -0.448 e. The van der Waals surface area contributed by atoms with Gasteiger partial charge in [0.2, 0.25) is 5.91 Å². The van der Waals surface area contributed by atoms with Crippen LogP contribution in [0.5, 0.6) is 11.5 Å². The predicted molar refractivity (Wildman–Crippen MR) is 133 cm³/mol. The number of para-hydroxylation sites is 1. The van der Waals surface area contributed by atoms with Gasteiger partial charge in [0.1, 0.15) is 0 Å². The lowest BCUT2D eigenvalue weighted by molar-refractivity contribution is -0.113. The fraction of sp³-hybridized carbons (Fsp3) is 0.231. The van der Waals surface area contributed by atoms with E-state index in [1.54, 1.807) is 12.4 Å². The zero-order valence-electron chi connectivity index (χ0n) is 18.9. The zero-order chi connectivity index (χ0) is 23.7. The molecule has 0 bridgehead atoms. The number of pyridine rings is 1. The lowest BCUT2D eigenvalue weighted by Crippen LogP contribution is -2.34. The van der Waals surface area contributed by atoms with Crippen LogP contribution in [0.1, 0.15) is 25.7 Å². The van der Waals surface area contributed by atoms with E-state index in [2.05, 4.69) is 20.5 Å². The molecule has 1 fully saturated rings. The maximum absolute atomic E-state index is 12.8. The van der Waals surface area contributed by atoms with Gasteiger partial charge in [-0.2, -0.15) is 0 Å². The van der Waals surface area contributed by atoms with Crippen molar-refractivity contribution < 1.29 is 14.3 Å². The Morgan fingerprint density at radius 1 is 1.00 bits per heavy atom. The number of benzene rings is 2. The van der Waals surface area contributed by atoms with Crippen LogP contribution in [0.15, 0.2) is 78.2 Å². The average molecular weight is 486 g/mol. The summed E-state index contributed by atoms with van der Waals surface area (Å²) in [6, 6.07) is 19.2. The van der Waals surface area contributed by atoms with Crippen LogP contribution in [0.25, 0.3) is 17.1 Å². The Bertz CT molecular complexity index is 1350. The van der Waals surface area contributed by atoms with Gasteiger partial charge in [0.15, 0.2) is 22.5 Å². The van der Waals surface area contributed by atoms with Crippen molar-refractivity contribution in [1.29, 1.82) is 0 Å². The van der Waals surface area contributed by atoms with Crippen LogP contribution in [-0.2, 0) is 4.79 Å². The van der Waals surface area contributed by atoms with Crippen molar-refractivity contribution in [1.82, 2.24) is 19.7 Å². The largest absolute Gasteiger partial charge is 0.448 e. The van der Waals surface area contributed by atoms with Gasteiger partial charge < -0.3 is 14.8 Å². The Hall–Kier alpha value is -3.85. The molecule has 6 rings (SSSR count). The molecule has 1 aliphatic heterocycles. The van der Waals surface area contributed by atoms with E-state index in [1.165, 1.54) is 11.8 Å². The minimum absolute atomic E-state index is 0.144. The number of carbonyl (C=O) groups is 1. The summed E-state index contributed by atoms with van der Waals surface area (Å²) in [5, 5.41) is 12.3. The SMILES string of the molecule is O=C(CSc1nnc(-c2cccnc2)n1-c1ccccc1)Nc1ccc2c(c1)OC1(CCCC1)O2. The molecule has 0 atom stereocenters. The standard InChI is InChI=1S/C26H23N5O3S/c32-23(28-19-10-11-21-22(15-19)34-26(33-21)12-4-5-13-26)17-35-25-30-29-24(18-7-6-14-27-16-18)31(25)20-8-2-1-3-9-20/h1-3,6-11,14-16H,4-5,12-13,17H2,(H,28,32). The summed E-state index contributed by atoms with van der Waals surface area (Å²) in [5.41, 5.74) is 2.44. The highest BCUT2D eigenvalue weighted by Crippen LogP contribution is 2.47. The first-order chi connectivity index (χ1) is 17.2. The molecule has 0 radical (unpaired) electrons. The molecule has 176 valence electrons. The van der Waals surface area contributed by atoms with E-state index >= 15 is 0 Å². The molecule has 1 aliphatic carbocycles. The topological polar surface area (TPSA) is 91.2 Å². The van der Waals surface area contributed by atoms with E-state index < -0.39 is 5.79 Å². The van der Waals surface area contributed by atoms with E-state index in [9.17, 15) is 4.79 Å². The molecule has 2 aliphatic rings. The Labute approximate surface area is 206 Å². The monoisotopic (exact) mass is 485 g/mol. The molecular weight excluding hydrogens is 462 g/mol. The van der Waals surface area contributed by atoms with Gasteiger partial charge in [0, 0.05) is 48.2 Å². The Balaban J connectivity index is 1.17. The number of amides is 1. The number of nitrogens with zero attached hydrogens (tertiary/aromatic N) is 4. The number of fused-ring (bicyclic) bond motifs is 1. The summed E-state index contributed by atoms with van der Waals surface area (Å²) in [5.74, 6) is 1.60. The summed E-state index contributed by atoms with van der Waals surface area (Å²) in [4.78, 5) is 17.0. The summed E-state index contributed by atoms with van der Waals surface area (Å²) in [7, 11) is 0. The van der Waals surface area contributed by atoms with E-state index in [0.717, 1.165) is 42.7 Å². The molecule has 0 saturated heterocycles. The molecule has 1 N–H and O–H groups in total. The first kappa shape index (κ1) is 21.7. The van der Waals surface area contributed by atoms with E-state index in [4.69, 9.17) is 9.47 Å². The third kappa shape index (κ3) is 4.35. The van der Waals surface area contributed by atoms with Gasteiger partial charge in [-0.1, -0.05) is 30.0 Å². The fourth-order valence-electron chi connectivity index (χ4n) is 4.47. The molecule has 1 amide bonds. The van der Waals surface area contributed by atoms with Crippen molar-refractivity contribution in [3.8, 4) is 28.6 Å². The van der Waals surface area contributed by atoms with Crippen molar-refractivity contribution in [3.63, 3.8) is 0 Å². The molecule has 3 heterocycles. The highest BCUT2D eigenvalue weighted by atomic mass is 32.2. The highest BCUT2D eigenvalue weighted by Gasteiger charge is 2.44. The van der Waals surface area contributed by atoms with Crippen molar-refractivity contribution in [3.05, 3.63) is 73.1 Å². The van der Waals surface area contributed by atoms with Gasteiger partial charge in [-0.25, -0.2) is 0 Å². The van der Waals surface area contributed by atoms with Gasteiger partial charge in [-0.15, -0.1) is 10.2 Å². The van der Waals surface area contributed by atoms with Crippen molar-refractivity contribution >= 4 is 23.4 Å². The van der Waals surface area contributed by atoms with Gasteiger partial charge in [0.05, 0.1) is 5.75 Å². The quantitative estimate of drug-likeness (QED) is 0.380. The van der Waals surface area contributed by atoms with E-state index in [0.29, 0.717) is 22.4 Å². The van der Waals surface area contributed by atoms with Crippen molar-refractivity contribution in [2.75, 3.05) is 11.1 Å². The number of thioether (sulfide) groups is 1. The zero-order valence-corrected chi connectivity index (χ0v) is 19.7. The first-order valence-electron chi connectivity index (χ1n) is 11.6. The highest BCUT2D eigenvalue weighted by molar-refractivity contribution is 7.99. The van der Waals surface area contributed by atoms with Crippen LogP contribution in [0.4, 0.5) is 5.69 Å². The summed E-state index contributed by atoms with van der Waals surface area (Å²) in [6.07, 6.45) is 7.46. The number of ether oxygens (including phenoxy) is 2. The maximum Gasteiger partial charge on any atom is 0.251 e. The molecule has 2 aromatic carbocycles. The average Bonchev–Trinajstić information content (AvgIpc) is 3.62. The number of nitrogens with one attached hydrogen (secondary N) is 1. The number of hydrogen-bond acceptors (Lipinski definition) is 7. The Morgan fingerprint density at radius 2 is 1.83 bits per heavy atom. The van der Waals surface area contributed by atoms with Crippen LogP contribution in [0, 0.1) is 0 Å². The molecule has 35 heavy (non-hydrogen) atoms. The lowest BCUT2D eigenvalue weighted by Gasteiger charge is -2.21. The number of carbonyl (C=O) groups excluding carboxylic acids is 1. The number of hydrogen-bond donors (Lipinski definition) is 1. The number of anilines is 1. The minimum atomic E-state index is -0.520. The van der Waals surface area contributed by atoms with E-state index in [-0.39, 0.29) is 11.7 Å². The molecule has 4 aromatic rings. The van der Waals surface area contributed by atoms with Crippen molar-refractivity contribution in [2.45, 2.75) is 36.6 Å². The molecule has 1 spiro atoms. The smallest absolute Gasteiger partial charge is 0.251 e. The van der Waals surface area contributed by atoms with Gasteiger partial charge >= 0.3 is 0 Å². The van der Waals surface area contributed by atoms with Crippen LogP contribution in [0.2, 0.25) is 0 Å². The van der Waals surface area contributed by atoms with Crippen LogP contribution < -0.4 is 14.8 Å². The summed E-state index contributed by atoms with van der Waals surface area (Å²) in [6.45, 7) is 0. The van der Waals surface area contributed by atoms with Crippen LogP contribution in [-0.4, -0.2) is 37.2 Å². The molecule has 0 unspecified atom stereocenters. The third-order valence-electron chi connectivity index (χ3n) is 6.08. The van der Waals surface area contributed by atoms with Crippen LogP contribution in [0.3, 0.4) is 0 Å². The third-order valence-corrected chi connectivity index (χ3v) is 7.01. The second kappa shape index (κ2) is 9.07. The summed E-state index contributed by atoms with van der Waals surface area (Å²) >= 11 is 1.33. The number of aromatic nitrogens is 4. The second-order valence-corrected chi connectivity index (χ2v) is 9.48. The lowest BCUT2D eigenvalue weighted by atomic mass is 10.2. The molecule has 8 nitrogen and oxygen atoms in total. The molecule has 1 saturated carbocycles. The molecular formula is C26H23N5O3S. The van der Waals surface area contributed by atoms with Crippen molar-refractivity contribution in [2.24, 2.45) is 0 Å². The first-order valence-corrected chi connectivity index (χ1v) is 12.5. The maximum atomic E-state index is 12.8. The molecule has 2 aromatic heterocycles. The Kier molecular flexibility index (Phi) is 5.61. The predicted octanol–water partition coefficient (Wildman–Crippen LogP) is 5.10. The van der Waals surface area contributed by atoms with Gasteiger partial charge in [-0.05, 0) is 49.2 Å².